The van der Waals surface area contributed by atoms with Crippen LogP contribution in [-0.2, 0) is 48.1 Å². The Balaban J connectivity index is 0.00000927. The van der Waals surface area contributed by atoms with Crippen molar-refractivity contribution >= 4 is 34.3 Å². The maximum atomic E-state index is 9.63. The summed E-state index contributed by atoms with van der Waals surface area (Å²) in [5.41, 5.74) is 10.9. The molecule has 1 N–H and O–H groups in total. The molecule has 6 heteroatoms. The van der Waals surface area contributed by atoms with E-state index in [1.54, 1.807) is 24.3 Å². The Bertz CT molecular complexity index is 4320. The Kier molecular flexibility index (Phi) is 11.9. The summed E-state index contributed by atoms with van der Waals surface area (Å²) in [6.45, 7) is 27.2. The van der Waals surface area contributed by atoms with Gasteiger partial charge in [-0.05, 0) is 121 Å². The van der Waals surface area contributed by atoms with Gasteiger partial charge in [-0.25, -0.2) is 4.98 Å². The van der Waals surface area contributed by atoms with Gasteiger partial charge in [0.25, 0.3) is 0 Å². The third kappa shape index (κ3) is 11.5. The molecule has 0 amide bonds. The average molecular weight is 1260 g/mol. The van der Waals surface area contributed by atoms with Crippen LogP contribution in [0, 0.1) is 25.7 Å². The number of rotatable bonds is 10. The normalized spacial score (nSPS) is 16.8. The standard InChI is InChI=1S/C75H77N4O.Pt/c1-49-41-69(76-47-63(49)52-33-38-64-65(44-52)75(13,14)40-39-74(64,11)12)77-66-26-16-15-23-60(66)50-31-36-58(37-32-50)80-59-22-19-21-57(46-59)78-48-79(68-28-18-17-27-67(68)78)70-61(51-29-34-54(35-30-51)71(2,3)4)24-20-25-62(70)53-42-55(72(5,6)7)45-56(43-53)73(8,9)10;/h15-36,38,41-45,47-48H,39-40H2,1-14H3,(H,76,77);/q-3;/i1D3,15D,16D,23D,26D,29D,30D,34D,35D;. The van der Waals surface area contributed by atoms with Gasteiger partial charge in [0.05, 0.1) is 11.0 Å². The van der Waals surface area contributed by atoms with Gasteiger partial charge in [-0.1, -0.05) is 205 Å². The molecule has 0 bridgehead atoms. The number of ether oxygens (including phenoxy) is 1. The molecule has 0 saturated carbocycles. The molecule has 0 spiro atoms. The summed E-state index contributed by atoms with van der Waals surface area (Å²) in [6, 6.07) is 43.2. The Morgan fingerprint density at radius 1 is 0.580 bits per heavy atom. The van der Waals surface area contributed by atoms with E-state index in [0.717, 1.165) is 52.0 Å². The second-order valence-electron chi connectivity index (χ2n) is 25.8. The fourth-order valence-corrected chi connectivity index (χ4v) is 10.8. The Morgan fingerprint density at radius 2 is 1.21 bits per heavy atom. The van der Waals surface area contributed by atoms with Crippen molar-refractivity contribution < 1.29 is 40.9 Å². The van der Waals surface area contributed by atoms with Crippen molar-refractivity contribution in [3.8, 4) is 56.0 Å². The minimum absolute atomic E-state index is 0. The summed E-state index contributed by atoms with van der Waals surface area (Å²) in [4.78, 5) is 8.74. The largest absolute Gasteiger partial charge is 0.509 e. The molecule has 0 atom stereocenters. The van der Waals surface area contributed by atoms with Crippen molar-refractivity contribution in [2.24, 2.45) is 0 Å². The van der Waals surface area contributed by atoms with Crippen LogP contribution >= 0.6 is 0 Å². The molecule has 5 nitrogen and oxygen atoms in total. The number of fused-ring (bicyclic) bond motifs is 2. The van der Waals surface area contributed by atoms with Crippen molar-refractivity contribution in [2.75, 3.05) is 15.1 Å². The summed E-state index contributed by atoms with van der Waals surface area (Å²) in [5.74, 6) is 0.720. The van der Waals surface area contributed by atoms with Gasteiger partial charge < -0.3 is 19.9 Å². The minimum Gasteiger partial charge on any atom is -0.509 e. The molecule has 0 unspecified atom stereocenters. The number of hydrogen-bond acceptors (Lipinski definition) is 5. The first-order valence-corrected chi connectivity index (χ1v) is 27.6. The number of pyridine rings is 1. The summed E-state index contributed by atoms with van der Waals surface area (Å²) >= 11 is 0. The second-order valence-corrected chi connectivity index (χ2v) is 25.8. The second kappa shape index (κ2) is 21.6. The van der Waals surface area contributed by atoms with E-state index in [1.807, 2.05) is 86.9 Å². The van der Waals surface area contributed by atoms with E-state index in [2.05, 4.69) is 133 Å². The molecule has 416 valence electrons. The summed E-state index contributed by atoms with van der Waals surface area (Å²) in [7, 11) is 0. The van der Waals surface area contributed by atoms with Crippen molar-refractivity contribution in [2.45, 2.75) is 137 Å². The van der Waals surface area contributed by atoms with Gasteiger partial charge in [-0.2, -0.15) is 18.2 Å². The van der Waals surface area contributed by atoms with Gasteiger partial charge in [0, 0.05) is 82.3 Å². The number of aromatic nitrogens is 1. The maximum Gasteiger partial charge on any atom is 0.130 e. The third-order valence-corrected chi connectivity index (χ3v) is 15.8. The zero-order chi connectivity index (χ0) is 66.0. The van der Waals surface area contributed by atoms with E-state index in [-0.39, 0.29) is 113 Å². The van der Waals surface area contributed by atoms with Crippen molar-refractivity contribution in [3.05, 3.63) is 228 Å². The molecular weight excluding hydrogens is 1170 g/mol. The van der Waals surface area contributed by atoms with Crippen molar-refractivity contribution in [1.29, 1.82) is 0 Å². The molecule has 2 aliphatic rings. The van der Waals surface area contributed by atoms with Crippen LogP contribution in [-0.4, -0.2) is 4.98 Å². The number of hydrogen-bond donors (Lipinski definition) is 1. The number of nitrogens with zero attached hydrogens (tertiary/aromatic N) is 3. The molecule has 0 saturated heterocycles. The first-order valence-electron chi connectivity index (χ1n) is 33.1. The Hall–Kier alpha value is -7.20. The number of nitrogens with one attached hydrogen (secondary N) is 1. The Morgan fingerprint density at radius 3 is 1.86 bits per heavy atom. The van der Waals surface area contributed by atoms with Crippen LogP contribution in [0.3, 0.4) is 0 Å². The van der Waals surface area contributed by atoms with E-state index in [1.165, 1.54) is 23.4 Å². The number of para-hydroxylation sites is 4. The van der Waals surface area contributed by atoms with Gasteiger partial charge in [-0.15, -0.1) is 48.3 Å². The smallest absolute Gasteiger partial charge is 0.130 e. The molecule has 0 radical (unpaired) electrons. The van der Waals surface area contributed by atoms with Gasteiger partial charge in [-0.3, -0.25) is 0 Å². The van der Waals surface area contributed by atoms with Crippen LogP contribution in [0.15, 0.2) is 176 Å². The van der Waals surface area contributed by atoms with Crippen LogP contribution < -0.4 is 19.9 Å². The quantitative estimate of drug-likeness (QED) is 0.138. The molecule has 1 aliphatic heterocycles. The molecule has 11 rings (SSSR count). The predicted molar refractivity (Wildman–Crippen MR) is 337 cm³/mol. The van der Waals surface area contributed by atoms with E-state index in [0.29, 0.717) is 39.4 Å². The van der Waals surface area contributed by atoms with E-state index >= 15 is 0 Å². The van der Waals surface area contributed by atoms with Gasteiger partial charge >= 0.3 is 0 Å². The van der Waals surface area contributed by atoms with Crippen LogP contribution in [0.25, 0.3) is 44.5 Å². The van der Waals surface area contributed by atoms with Gasteiger partial charge in [0.15, 0.2) is 0 Å². The molecule has 8 aromatic carbocycles. The predicted octanol–water partition coefficient (Wildman–Crippen LogP) is 20.8. The average Bonchev–Trinajstić information content (AvgIpc) is 1.25. The third-order valence-electron chi connectivity index (χ3n) is 15.8. The summed E-state index contributed by atoms with van der Waals surface area (Å²) < 4.78 is 106. The molecule has 9 aromatic rings. The minimum atomic E-state index is -2.56. The topological polar surface area (TPSA) is 40.6 Å². The monoisotopic (exact) mass is 1260 g/mol. The fraction of sp³-hybridized carbons (Fsp3) is 0.280. The van der Waals surface area contributed by atoms with Crippen LogP contribution in [0.2, 0.25) is 0 Å². The van der Waals surface area contributed by atoms with Crippen LogP contribution in [0.1, 0.15) is 151 Å². The molecule has 81 heavy (non-hydrogen) atoms. The van der Waals surface area contributed by atoms with Crippen LogP contribution in [0.4, 0.5) is 34.3 Å². The van der Waals surface area contributed by atoms with Gasteiger partial charge in [0.2, 0.25) is 0 Å². The Labute approximate surface area is 513 Å². The van der Waals surface area contributed by atoms with Crippen molar-refractivity contribution in [1.82, 2.24) is 4.98 Å². The van der Waals surface area contributed by atoms with E-state index in [9.17, 15) is 5.48 Å². The molecule has 1 aliphatic carbocycles. The van der Waals surface area contributed by atoms with Crippen molar-refractivity contribution in [3.63, 3.8) is 0 Å². The molecule has 2 heterocycles. The summed E-state index contributed by atoms with van der Waals surface area (Å²) in [6.07, 6.45) is 3.54. The molecular formula is C75H77N4OPt-3. The number of aryl methyl sites for hydroxylation is 1. The zero-order valence-corrected chi connectivity index (χ0v) is 51.0. The number of benzene rings is 8. The molecule has 0 fully saturated rings. The maximum absolute atomic E-state index is 9.63. The van der Waals surface area contributed by atoms with E-state index < -0.39 is 24.4 Å². The molecule has 1 aromatic heterocycles. The first-order chi connectivity index (χ1) is 42.5. The number of anilines is 6. The first kappa shape index (κ1) is 44.5. The van der Waals surface area contributed by atoms with E-state index in [4.69, 9.17) is 14.3 Å². The zero-order valence-electron chi connectivity index (χ0n) is 59.7. The van der Waals surface area contributed by atoms with Gasteiger partial charge in [0.1, 0.15) is 5.82 Å². The van der Waals surface area contributed by atoms with Crippen LogP contribution in [0.5, 0.6) is 11.5 Å². The fourth-order valence-electron chi connectivity index (χ4n) is 10.8. The summed E-state index contributed by atoms with van der Waals surface area (Å²) in [5, 5.41) is 3.11. The SMILES string of the molecule is [2H]c1c([2H])c([2H])c(-c2c[c-]c(Oc3[c-]c(N4[CH-]N(c5c(-c6cc(C(C)(C)C)cc(C(C)(C)C)c6)cccc5-c5c([2H])c([2H])c(C(C)(C)C)c([2H])c5[2H])c5ccccc54)ccc3)cc2)c(Nc2cc(C([2H])([2H])[2H])c(-c3ccc4c(c3)C(C)(C)CCC4(C)C)cn2)c1[2H].[Pt].